The first kappa shape index (κ1) is 15.9. The van der Waals surface area contributed by atoms with Crippen LogP contribution < -0.4 is 0 Å². The van der Waals surface area contributed by atoms with Crippen LogP contribution >= 0.6 is 0 Å². The predicted molar refractivity (Wildman–Crippen MR) is 88.7 cm³/mol. The quantitative estimate of drug-likeness (QED) is 0.649. The zero-order valence-electron chi connectivity index (χ0n) is 13.4. The van der Waals surface area contributed by atoms with Crippen molar-refractivity contribution in [2.24, 2.45) is 0 Å². The molecule has 122 valence electrons. The molecule has 0 spiro atoms. The fourth-order valence-electron chi connectivity index (χ4n) is 2.59. The second-order valence-corrected chi connectivity index (χ2v) is 5.31. The third kappa shape index (κ3) is 3.68. The summed E-state index contributed by atoms with van der Waals surface area (Å²) < 4.78 is 10.1. The van der Waals surface area contributed by atoms with Gasteiger partial charge in [0.25, 0.3) is 5.82 Å². The minimum atomic E-state index is -0.566. The maximum atomic E-state index is 11.7. The lowest BCUT2D eigenvalue weighted by molar-refractivity contribution is 0.0508. The van der Waals surface area contributed by atoms with Crippen LogP contribution in [0.4, 0.5) is 0 Å². The Balaban J connectivity index is 1.87. The lowest BCUT2D eigenvalue weighted by Crippen LogP contribution is -2.08. The summed E-state index contributed by atoms with van der Waals surface area (Å²) in [7, 11) is 0. The van der Waals surface area contributed by atoms with E-state index in [2.05, 4.69) is 34.4 Å². The fourth-order valence-corrected chi connectivity index (χ4v) is 2.59. The van der Waals surface area contributed by atoms with Gasteiger partial charge in [-0.15, -0.1) is 0 Å². The predicted octanol–water partition coefficient (Wildman–Crippen LogP) is 3.62. The molecule has 0 radical (unpaired) electrons. The molecule has 3 rings (SSSR count). The molecule has 24 heavy (non-hydrogen) atoms. The molecule has 0 bridgehead atoms. The summed E-state index contributed by atoms with van der Waals surface area (Å²) in [6.45, 7) is 2.01. The van der Waals surface area contributed by atoms with Crippen molar-refractivity contribution < 1.29 is 14.1 Å². The SMILES string of the molecule is CCOC(=O)c1noc(CC(c2ccccc2)c2ccccc2)n1. The van der Waals surface area contributed by atoms with E-state index in [0.29, 0.717) is 12.3 Å². The first-order valence-electron chi connectivity index (χ1n) is 7.87. The monoisotopic (exact) mass is 322 g/mol. The van der Waals surface area contributed by atoms with Gasteiger partial charge in [-0.3, -0.25) is 0 Å². The van der Waals surface area contributed by atoms with Crippen LogP contribution in [0, 0.1) is 0 Å². The topological polar surface area (TPSA) is 65.2 Å². The highest BCUT2D eigenvalue weighted by atomic mass is 16.5. The van der Waals surface area contributed by atoms with Crippen molar-refractivity contribution in [2.45, 2.75) is 19.3 Å². The number of benzene rings is 2. The molecule has 5 nitrogen and oxygen atoms in total. The Labute approximate surface area is 140 Å². The first-order valence-corrected chi connectivity index (χ1v) is 7.87. The van der Waals surface area contributed by atoms with Crippen molar-refractivity contribution >= 4 is 5.97 Å². The summed E-state index contributed by atoms with van der Waals surface area (Å²) in [5.41, 5.74) is 2.30. The first-order chi connectivity index (χ1) is 11.8. The molecule has 3 aromatic rings. The van der Waals surface area contributed by atoms with Gasteiger partial charge in [0.1, 0.15) is 0 Å². The second kappa shape index (κ2) is 7.55. The minimum absolute atomic E-state index is 0.0354. The number of rotatable bonds is 6. The van der Waals surface area contributed by atoms with Gasteiger partial charge in [-0.1, -0.05) is 60.7 Å². The fraction of sp³-hybridized carbons (Fsp3) is 0.211. The van der Waals surface area contributed by atoms with E-state index >= 15 is 0 Å². The third-order valence-corrected chi connectivity index (χ3v) is 3.71. The highest BCUT2D eigenvalue weighted by Crippen LogP contribution is 2.27. The van der Waals surface area contributed by atoms with Crippen LogP contribution in [-0.2, 0) is 11.2 Å². The Kier molecular flexibility index (Phi) is 5.01. The number of hydrogen-bond acceptors (Lipinski definition) is 5. The van der Waals surface area contributed by atoms with Gasteiger partial charge in [0.15, 0.2) is 0 Å². The molecule has 0 saturated carbocycles. The van der Waals surface area contributed by atoms with Crippen LogP contribution in [0.25, 0.3) is 0 Å². The molecule has 0 aliphatic rings. The second-order valence-electron chi connectivity index (χ2n) is 5.31. The smallest absolute Gasteiger partial charge is 0.379 e. The zero-order valence-corrected chi connectivity index (χ0v) is 13.4. The highest BCUT2D eigenvalue weighted by Gasteiger charge is 2.21. The van der Waals surface area contributed by atoms with Crippen LogP contribution in [0.1, 0.15) is 40.5 Å². The van der Waals surface area contributed by atoms with Crippen molar-refractivity contribution in [3.05, 3.63) is 83.5 Å². The van der Waals surface area contributed by atoms with Crippen LogP contribution in [-0.4, -0.2) is 22.7 Å². The van der Waals surface area contributed by atoms with E-state index in [9.17, 15) is 4.79 Å². The Morgan fingerprint density at radius 2 is 1.62 bits per heavy atom. The third-order valence-electron chi connectivity index (χ3n) is 3.71. The van der Waals surface area contributed by atoms with E-state index in [1.165, 1.54) is 0 Å². The summed E-state index contributed by atoms with van der Waals surface area (Å²) >= 11 is 0. The molecule has 0 fully saturated rings. The maximum Gasteiger partial charge on any atom is 0.379 e. The number of hydrogen-bond donors (Lipinski definition) is 0. The minimum Gasteiger partial charge on any atom is -0.460 e. The lowest BCUT2D eigenvalue weighted by atomic mass is 9.88. The Morgan fingerprint density at radius 1 is 1.04 bits per heavy atom. The van der Waals surface area contributed by atoms with Crippen molar-refractivity contribution in [1.29, 1.82) is 0 Å². The molecule has 0 atom stereocenters. The van der Waals surface area contributed by atoms with Gasteiger partial charge in [0, 0.05) is 12.3 Å². The number of carbonyl (C=O) groups is 1. The molecular weight excluding hydrogens is 304 g/mol. The van der Waals surface area contributed by atoms with E-state index in [1.54, 1.807) is 6.92 Å². The number of nitrogens with zero attached hydrogens (tertiary/aromatic N) is 2. The Bertz CT molecular complexity index is 745. The average Bonchev–Trinajstić information content (AvgIpc) is 3.10. The summed E-state index contributed by atoms with van der Waals surface area (Å²) in [6, 6.07) is 20.3. The van der Waals surface area contributed by atoms with Gasteiger partial charge in [0.05, 0.1) is 6.61 Å². The van der Waals surface area contributed by atoms with Crippen LogP contribution in [0.2, 0.25) is 0 Å². The van der Waals surface area contributed by atoms with Gasteiger partial charge >= 0.3 is 5.97 Å². The lowest BCUT2D eigenvalue weighted by Gasteiger charge is -2.16. The molecule has 0 unspecified atom stereocenters. The zero-order chi connectivity index (χ0) is 16.8. The highest BCUT2D eigenvalue weighted by molar-refractivity contribution is 5.84. The molecule has 2 aromatic carbocycles. The largest absolute Gasteiger partial charge is 0.460 e. The van der Waals surface area contributed by atoms with Gasteiger partial charge in [-0.05, 0) is 23.2 Å². The van der Waals surface area contributed by atoms with Crippen molar-refractivity contribution in [3.63, 3.8) is 0 Å². The summed E-state index contributed by atoms with van der Waals surface area (Å²) in [4.78, 5) is 15.8. The standard InChI is InChI=1S/C19H18N2O3/c1-2-23-19(22)18-20-17(24-21-18)13-16(14-9-5-3-6-10-14)15-11-7-4-8-12-15/h3-12,16H,2,13H2,1H3. The van der Waals surface area contributed by atoms with E-state index in [1.807, 2.05) is 36.4 Å². The van der Waals surface area contributed by atoms with Gasteiger partial charge in [-0.2, -0.15) is 4.98 Å². The van der Waals surface area contributed by atoms with Crippen LogP contribution in [0.15, 0.2) is 65.2 Å². The average molecular weight is 322 g/mol. The molecular formula is C19H18N2O3. The molecule has 0 amide bonds. The summed E-state index contributed by atoms with van der Waals surface area (Å²) in [6.07, 6.45) is 0.514. The van der Waals surface area contributed by atoms with Gasteiger partial charge in [0.2, 0.25) is 5.89 Å². The van der Waals surface area contributed by atoms with Crippen LogP contribution in [0.3, 0.4) is 0 Å². The number of esters is 1. The summed E-state index contributed by atoms with van der Waals surface area (Å²) in [5.74, 6) is -0.117. The number of ether oxygens (including phenoxy) is 1. The van der Waals surface area contributed by atoms with E-state index in [4.69, 9.17) is 9.26 Å². The van der Waals surface area contributed by atoms with Crippen LogP contribution in [0.5, 0.6) is 0 Å². The van der Waals surface area contributed by atoms with Crippen molar-refractivity contribution in [2.75, 3.05) is 6.61 Å². The van der Waals surface area contributed by atoms with Crippen molar-refractivity contribution in [3.8, 4) is 0 Å². The maximum absolute atomic E-state index is 11.7. The van der Waals surface area contributed by atoms with E-state index in [-0.39, 0.29) is 18.3 Å². The molecule has 0 N–H and O–H groups in total. The van der Waals surface area contributed by atoms with Crippen molar-refractivity contribution in [1.82, 2.24) is 10.1 Å². The molecule has 5 heteroatoms. The molecule has 1 aromatic heterocycles. The summed E-state index contributed by atoms with van der Waals surface area (Å²) in [5, 5.41) is 3.71. The molecule has 0 aliphatic carbocycles. The Morgan fingerprint density at radius 3 is 2.17 bits per heavy atom. The molecule has 0 aliphatic heterocycles. The number of carbonyl (C=O) groups excluding carboxylic acids is 1. The van der Waals surface area contributed by atoms with Gasteiger partial charge in [-0.25, -0.2) is 4.79 Å². The number of aromatic nitrogens is 2. The van der Waals surface area contributed by atoms with E-state index < -0.39 is 5.97 Å². The molecule has 0 saturated heterocycles. The Hall–Kier alpha value is -2.95. The van der Waals surface area contributed by atoms with Gasteiger partial charge < -0.3 is 9.26 Å². The normalized spacial score (nSPS) is 10.8. The molecule has 1 heterocycles. The van der Waals surface area contributed by atoms with E-state index in [0.717, 1.165) is 11.1 Å².